The number of hydrogen-bond acceptors (Lipinski definition) is 2. The van der Waals surface area contributed by atoms with Crippen molar-refractivity contribution >= 4 is 5.91 Å². The van der Waals surface area contributed by atoms with Gasteiger partial charge >= 0.3 is 0 Å². The Morgan fingerprint density at radius 2 is 1.93 bits per heavy atom. The van der Waals surface area contributed by atoms with Gasteiger partial charge < -0.3 is 10.6 Å². The van der Waals surface area contributed by atoms with E-state index in [0.29, 0.717) is 5.92 Å². The van der Waals surface area contributed by atoms with Crippen LogP contribution in [-0.2, 0) is 4.79 Å². The number of carbonyl (C=O) groups excluding carboxylic acids is 1. The first-order valence-corrected chi connectivity index (χ1v) is 6.10. The highest BCUT2D eigenvalue weighted by Gasteiger charge is 2.22. The smallest absolute Gasteiger partial charge is 0.237 e. The van der Waals surface area contributed by atoms with Crippen LogP contribution >= 0.6 is 0 Å². The summed E-state index contributed by atoms with van der Waals surface area (Å²) in [6, 6.07) is -0.0319. The summed E-state index contributed by atoms with van der Waals surface area (Å²) in [4.78, 5) is 11.6. The zero-order chi connectivity index (χ0) is 11.3. The standard InChI is InChI=1S/C12H24N2O/c1-9(2)11(12(15)13-3)14-8-10-6-4-5-7-10/h9-11,14H,4-8H2,1-3H3,(H,13,15). The first kappa shape index (κ1) is 12.5. The van der Waals surface area contributed by atoms with Gasteiger partial charge in [0.05, 0.1) is 6.04 Å². The number of rotatable bonds is 5. The van der Waals surface area contributed by atoms with Crippen molar-refractivity contribution in [2.24, 2.45) is 11.8 Å². The fourth-order valence-corrected chi connectivity index (χ4v) is 2.29. The van der Waals surface area contributed by atoms with Gasteiger partial charge in [-0.3, -0.25) is 4.79 Å². The van der Waals surface area contributed by atoms with Gasteiger partial charge in [0.15, 0.2) is 0 Å². The Morgan fingerprint density at radius 3 is 2.40 bits per heavy atom. The normalized spacial score (nSPS) is 19.5. The van der Waals surface area contributed by atoms with Crippen molar-refractivity contribution in [2.45, 2.75) is 45.6 Å². The first-order valence-electron chi connectivity index (χ1n) is 6.10. The minimum atomic E-state index is -0.0319. The minimum absolute atomic E-state index is 0.0319. The highest BCUT2D eigenvalue weighted by molar-refractivity contribution is 5.81. The lowest BCUT2D eigenvalue weighted by atomic mass is 10.0. The molecular formula is C12H24N2O. The number of carbonyl (C=O) groups is 1. The molecule has 1 unspecified atom stereocenters. The van der Waals surface area contributed by atoms with E-state index in [9.17, 15) is 4.79 Å². The SMILES string of the molecule is CNC(=O)C(NCC1CCCC1)C(C)C. The van der Waals surface area contributed by atoms with Crippen LogP contribution in [0.15, 0.2) is 0 Å². The van der Waals surface area contributed by atoms with Crippen LogP contribution in [0.25, 0.3) is 0 Å². The predicted molar refractivity (Wildman–Crippen MR) is 62.7 cm³/mol. The lowest BCUT2D eigenvalue weighted by Gasteiger charge is -2.22. The van der Waals surface area contributed by atoms with E-state index in [4.69, 9.17) is 0 Å². The van der Waals surface area contributed by atoms with Gasteiger partial charge in [-0.05, 0) is 31.2 Å². The lowest BCUT2D eigenvalue weighted by molar-refractivity contribution is -0.123. The molecule has 0 heterocycles. The number of amides is 1. The third-order valence-corrected chi connectivity index (χ3v) is 3.30. The van der Waals surface area contributed by atoms with Gasteiger partial charge in [-0.15, -0.1) is 0 Å². The second kappa shape index (κ2) is 6.11. The summed E-state index contributed by atoms with van der Waals surface area (Å²) < 4.78 is 0. The molecule has 1 rings (SSSR count). The van der Waals surface area contributed by atoms with Gasteiger partial charge in [-0.2, -0.15) is 0 Å². The van der Waals surface area contributed by atoms with Gasteiger partial charge in [0.2, 0.25) is 5.91 Å². The van der Waals surface area contributed by atoms with Crippen LogP contribution in [0.5, 0.6) is 0 Å². The van der Waals surface area contributed by atoms with E-state index >= 15 is 0 Å². The second-order valence-electron chi connectivity index (χ2n) is 4.89. The van der Waals surface area contributed by atoms with Crippen molar-refractivity contribution in [1.29, 1.82) is 0 Å². The van der Waals surface area contributed by atoms with E-state index in [1.54, 1.807) is 7.05 Å². The molecule has 0 bridgehead atoms. The lowest BCUT2D eigenvalue weighted by Crippen LogP contribution is -2.47. The predicted octanol–water partition coefficient (Wildman–Crippen LogP) is 1.54. The third kappa shape index (κ3) is 3.82. The molecule has 1 atom stereocenters. The molecule has 15 heavy (non-hydrogen) atoms. The monoisotopic (exact) mass is 212 g/mol. The molecule has 1 saturated carbocycles. The first-order chi connectivity index (χ1) is 7.15. The fraction of sp³-hybridized carbons (Fsp3) is 0.917. The van der Waals surface area contributed by atoms with Gasteiger partial charge in [-0.25, -0.2) is 0 Å². The maximum atomic E-state index is 11.6. The zero-order valence-electron chi connectivity index (χ0n) is 10.2. The Bertz CT molecular complexity index is 198. The molecule has 1 aliphatic carbocycles. The number of nitrogens with one attached hydrogen (secondary N) is 2. The minimum Gasteiger partial charge on any atom is -0.358 e. The van der Waals surface area contributed by atoms with Crippen LogP contribution in [0.4, 0.5) is 0 Å². The van der Waals surface area contributed by atoms with Crippen LogP contribution in [0.2, 0.25) is 0 Å². The molecule has 1 amide bonds. The molecular weight excluding hydrogens is 188 g/mol. The highest BCUT2D eigenvalue weighted by atomic mass is 16.2. The molecule has 3 heteroatoms. The van der Waals surface area contributed by atoms with E-state index in [1.165, 1.54) is 25.7 Å². The molecule has 0 aromatic carbocycles. The van der Waals surface area contributed by atoms with E-state index in [2.05, 4.69) is 24.5 Å². The van der Waals surface area contributed by atoms with Gasteiger partial charge in [0.25, 0.3) is 0 Å². The van der Waals surface area contributed by atoms with Crippen molar-refractivity contribution in [1.82, 2.24) is 10.6 Å². The summed E-state index contributed by atoms with van der Waals surface area (Å²) in [5.41, 5.74) is 0. The highest BCUT2D eigenvalue weighted by Crippen LogP contribution is 2.24. The zero-order valence-corrected chi connectivity index (χ0v) is 10.2. The van der Waals surface area contributed by atoms with Crippen LogP contribution < -0.4 is 10.6 Å². The van der Waals surface area contributed by atoms with E-state index in [1.807, 2.05) is 0 Å². The number of likely N-dealkylation sites (N-methyl/N-ethyl adjacent to an activating group) is 1. The topological polar surface area (TPSA) is 41.1 Å². The van der Waals surface area contributed by atoms with Crippen LogP contribution in [0.3, 0.4) is 0 Å². The summed E-state index contributed by atoms with van der Waals surface area (Å²) >= 11 is 0. The fourth-order valence-electron chi connectivity index (χ4n) is 2.29. The Labute approximate surface area is 93.0 Å². The summed E-state index contributed by atoms with van der Waals surface area (Å²) in [7, 11) is 1.70. The molecule has 88 valence electrons. The quantitative estimate of drug-likeness (QED) is 0.726. The van der Waals surface area contributed by atoms with Gasteiger partial charge in [0.1, 0.15) is 0 Å². The average Bonchev–Trinajstić information content (AvgIpc) is 2.70. The molecule has 0 aromatic rings. The van der Waals surface area contributed by atoms with Gasteiger partial charge in [-0.1, -0.05) is 26.7 Å². The molecule has 2 N–H and O–H groups in total. The maximum Gasteiger partial charge on any atom is 0.237 e. The van der Waals surface area contributed by atoms with E-state index in [0.717, 1.165) is 12.5 Å². The third-order valence-electron chi connectivity index (χ3n) is 3.30. The Kier molecular flexibility index (Phi) is 5.09. The van der Waals surface area contributed by atoms with Crippen LogP contribution in [0, 0.1) is 11.8 Å². The Balaban J connectivity index is 2.33. The Hall–Kier alpha value is -0.570. The number of hydrogen-bond donors (Lipinski definition) is 2. The van der Waals surface area contributed by atoms with E-state index < -0.39 is 0 Å². The molecule has 1 fully saturated rings. The average molecular weight is 212 g/mol. The van der Waals surface area contributed by atoms with Crippen molar-refractivity contribution in [3.05, 3.63) is 0 Å². The largest absolute Gasteiger partial charge is 0.358 e. The second-order valence-corrected chi connectivity index (χ2v) is 4.89. The molecule has 0 aromatic heterocycles. The molecule has 1 aliphatic rings. The van der Waals surface area contributed by atoms with Crippen molar-refractivity contribution < 1.29 is 4.79 Å². The summed E-state index contributed by atoms with van der Waals surface area (Å²) in [6.45, 7) is 5.17. The molecule has 0 spiro atoms. The maximum absolute atomic E-state index is 11.6. The molecule has 3 nitrogen and oxygen atoms in total. The van der Waals surface area contributed by atoms with Crippen LogP contribution in [0.1, 0.15) is 39.5 Å². The summed E-state index contributed by atoms with van der Waals surface area (Å²) in [6.07, 6.45) is 5.37. The van der Waals surface area contributed by atoms with E-state index in [-0.39, 0.29) is 11.9 Å². The molecule has 0 saturated heterocycles. The van der Waals surface area contributed by atoms with Crippen molar-refractivity contribution in [3.8, 4) is 0 Å². The van der Waals surface area contributed by atoms with Crippen molar-refractivity contribution in [2.75, 3.05) is 13.6 Å². The van der Waals surface area contributed by atoms with Crippen molar-refractivity contribution in [3.63, 3.8) is 0 Å². The molecule has 0 radical (unpaired) electrons. The van der Waals surface area contributed by atoms with Crippen LogP contribution in [-0.4, -0.2) is 25.5 Å². The molecule has 0 aliphatic heterocycles. The van der Waals surface area contributed by atoms with Gasteiger partial charge in [0, 0.05) is 7.05 Å². The summed E-state index contributed by atoms with van der Waals surface area (Å²) in [5, 5.41) is 6.12. The summed E-state index contributed by atoms with van der Waals surface area (Å²) in [5.74, 6) is 1.25. The Morgan fingerprint density at radius 1 is 1.33 bits per heavy atom.